The fourth-order valence-electron chi connectivity index (χ4n) is 2.38. The van der Waals surface area contributed by atoms with Gasteiger partial charge in [-0.2, -0.15) is 0 Å². The summed E-state index contributed by atoms with van der Waals surface area (Å²) in [6, 6.07) is 6.73. The Morgan fingerprint density at radius 3 is 2.50 bits per heavy atom. The molecule has 0 aromatic heterocycles. The molecule has 1 heteroatoms. The minimum Gasteiger partial charge on any atom is -0.0778 e. The van der Waals surface area contributed by atoms with Gasteiger partial charge >= 0.3 is 0 Å². The maximum atomic E-state index is 2.34. The van der Waals surface area contributed by atoms with Gasteiger partial charge in [-0.25, -0.2) is 0 Å². The van der Waals surface area contributed by atoms with E-state index < -0.39 is 0 Å². The second-order valence-electron chi connectivity index (χ2n) is 4.89. The van der Waals surface area contributed by atoms with Gasteiger partial charge in [0.1, 0.15) is 0 Å². The second-order valence-corrected chi connectivity index (χ2v) is 6.77. The summed E-state index contributed by atoms with van der Waals surface area (Å²) in [6.45, 7) is 9.05. The topological polar surface area (TPSA) is 0 Å². The lowest BCUT2D eigenvalue weighted by Crippen LogP contribution is -2.22. The zero-order chi connectivity index (χ0) is 11.7. The molecular formula is C15H20Si. The van der Waals surface area contributed by atoms with Crippen LogP contribution >= 0.6 is 0 Å². The molecule has 16 heavy (non-hydrogen) atoms. The van der Waals surface area contributed by atoms with Crippen LogP contribution in [0.2, 0.25) is 0 Å². The minimum atomic E-state index is -0.263. The van der Waals surface area contributed by atoms with Crippen molar-refractivity contribution in [2.24, 2.45) is 5.92 Å². The number of aryl methyl sites for hydroxylation is 1. The minimum absolute atomic E-state index is 0.263. The molecule has 0 saturated heterocycles. The molecule has 0 amide bonds. The van der Waals surface area contributed by atoms with Crippen LogP contribution in [0.3, 0.4) is 0 Å². The number of benzene rings is 1. The van der Waals surface area contributed by atoms with Crippen LogP contribution in [0.15, 0.2) is 41.1 Å². The highest BCUT2D eigenvalue weighted by molar-refractivity contribution is 6.62. The van der Waals surface area contributed by atoms with E-state index in [1.165, 1.54) is 16.7 Å². The highest BCUT2D eigenvalue weighted by Crippen LogP contribution is 2.23. The summed E-state index contributed by atoms with van der Waals surface area (Å²) < 4.78 is 0. The molecule has 0 nitrogen and oxygen atoms in total. The molecule has 0 N–H and O–H groups in total. The van der Waals surface area contributed by atoms with Gasteiger partial charge in [-0.05, 0) is 37.8 Å². The van der Waals surface area contributed by atoms with Gasteiger partial charge in [0, 0.05) is 0 Å². The Morgan fingerprint density at radius 1 is 1.12 bits per heavy atom. The van der Waals surface area contributed by atoms with E-state index in [1.807, 2.05) is 0 Å². The molecule has 1 atom stereocenters. The molecule has 1 aromatic rings. The van der Waals surface area contributed by atoms with Crippen LogP contribution in [0.4, 0.5) is 0 Å². The third-order valence-corrected chi connectivity index (χ3v) is 6.52. The monoisotopic (exact) mass is 228 g/mol. The first kappa shape index (κ1) is 11.4. The molecule has 1 aromatic carbocycles. The average molecular weight is 228 g/mol. The van der Waals surface area contributed by atoms with Gasteiger partial charge < -0.3 is 0 Å². The van der Waals surface area contributed by atoms with Crippen molar-refractivity contribution in [1.82, 2.24) is 0 Å². The van der Waals surface area contributed by atoms with Crippen LogP contribution in [0.25, 0.3) is 0 Å². The maximum absolute atomic E-state index is 2.34. The van der Waals surface area contributed by atoms with Crippen molar-refractivity contribution >= 4 is 14.7 Å². The van der Waals surface area contributed by atoms with E-state index in [2.05, 4.69) is 58.0 Å². The van der Waals surface area contributed by atoms with Crippen LogP contribution in [-0.2, 0) is 0 Å². The highest BCUT2D eigenvalue weighted by atomic mass is 28.2. The fourth-order valence-corrected chi connectivity index (χ4v) is 4.44. The van der Waals surface area contributed by atoms with Crippen molar-refractivity contribution in [3.05, 3.63) is 52.2 Å². The van der Waals surface area contributed by atoms with Crippen LogP contribution in [0, 0.1) is 19.8 Å². The number of allylic oxidation sites excluding steroid dienone is 4. The molecule has 2 rings (SSSR count). The van der Waals surface area contributed by atoms with Crippen molar-refractivity contribution in [3.63, 3.8) is 0 Å². The standard InChI is InChI=1S/C15H20Si/c1-10-6-5-7-14(13(10)4)16-15-11(2)8-9-12(15)3/h5-9,11H,16H2,1-4H3. The molecule has 0 heterocycles. The summed E-state index contributed by atoms with van der Waals surface area (Å²) in [5, 5.41) is 3.33. The van der Waals surface area contributed by atoms with Gasteiger partial charge in [0.25, 0.3) is 0 Å². The molecule has 1 aliphatic rings. The van der Waals surface area contributed by atoms with Crippen LogP contribution in [-0.4, -0.2) is 9.52 Å². The van der Waals surface area contributed by atoms with E-state index in [0.717, 1.165) is 0 Å². The zero-order valence-electron chi connectivity index (χ0n) is 10.7. The Morgan fingerprint density at radius 2 is 1.88 bits per heavy atom. The summed E-state index contributed by atoms with van der Waals surface area (Å²) in [5.74, 6) is 0.673. The molecule has 0 fully saturated rings. The van der Waals surface area contributed by atoms with Gasteiger partial charge in [0.2, 0.25) is 0 Å². The highest BCUT2D eigenvalue weighted by Gasteiger charge is 2.15. The first-order valence-electron chi connectivity index (χ1n) is 6.02. The van der Waals surface area contributed by atoms with Gasteiger partial charge in [-0.3, -0.25) is 0 Å². The van der Waals surface area contributed by atoms with Crippen LogP contribution in [0.1, 0.15) is 25.0 Å². The molecule has 0 saturated carbocycles. The maximum Gasteiger partial charge on any atom is 0.0838 e. The molecule has 84 valence electrons. The van der Waals surface area contributed by atoms with Gasteiger partial charge in [0.15, 0.2) is 0 Å². The third-order valence-electron chi connectivity index (χ3n) is 3.79. The number of hydrogen-bond donors (Lipinski definition) is 0. The van der Waals surface area contributed by atoms with E-state index in [9.17, 15) is 0 Å². The molecule has 0 spiro atoms. The Kier molecular flexibility index (Phi) is 3.15. The summed E-state index contributed by atoms with van der Waals surface area (Å²) in [6.07, 6.45) is 4.63. The number of hydrogen-bond acceptors (Lipinski definition) is 0. The van der Waals surface area contributed by atoms with E-state index in [1.54, 1.807) is 10.4 Å². The van der Waals surface area contributed by atoms with E-state index in [4.69, 9.17) is 0 Å². The first-order valence-corrected chi connectivity index (χ1v) is 7.44. The van der Waals surface area contributed by atoms with E-state index >= 15 is 0 Å². The van der Waals surface area contributed by atoms with Gasteiger partial charge in [-0.1, -0.05) is 53.2 Å². The van der Waals surface area contributed by atoms with E-state index in [-0.39, 0.29) is 9.52 Å². The van der Waals surface area contributed by atoms with Gasteiger partial charge in [0.05, 0.1) is 9.52 Å². The Labute approximate surface area is 101 Å². The lowest BCUT2D eigenvalue weighted by Gasteiger charge is -2.13. The van der Waals surface area contributed by atoms with Crippen molar-refractivity contribution in [2.75, 3.05) is 0 Å². The summed E-state index contributed by atoms with van der Waals surface area (Å²) in [7, 11) is -0.263. The first-order chi connectivity index (χ1) is 7.59. The fraction of sp³-hybridized carbons (Fsp3) is 0.333. The molecular weight excluding hydrogens is 208 g/mol. The average Bonchev–Trinajstić information content (AvgIpc) is 2.56. The molecule has 0 bridgehead atoms. The van der Waals surface area contributed by atoms with Gasteiger partial charge in [-0.15, -0.1) is 0 Å². The summed E-state index contributed by atoms with van der Waals surface area (Å²) in [5.41, 5.74) is 4.45. The Balaban J connectivity index is 2.29. The Hall–Kier alpha value is -1.08. The number of rotatable bonds is 2. The lowest BCUT2D eigenvalue weighted by atomic mass is 10.1. The van der Waals surface area contributed by atoms with Crippen LogP contribution < -0.4 is 5.19 Å². The molecule has 1 aliphatic carbocycles. The lowest BCUT2D eigenvalue weighted by molar-refractivity contribution is 0.930. The molecule has 0 aliphatic heterocycles. The zero-order valence-corrected chi connectivity index (χ0v) is 12.1. The Bertz CT molecular complexity index is 466. The van der Waals surface area contributed by atoms with Crippen LogP contribution in [0.5, 0.6) is 0 Å². The van der Waals surface area contributed by atoms with Crippen molar-refractivity contribution in [1.29, 1.82) is 0 Å². The van der Waals surface area contributed by atoms with Crippen molar-refractivity contribution in [3.8, 4) is 0 Å². The van der Waals surface area contributed by atoms with Crippen molar-refractivity contribution in [2.45, 2.75) is 27.7 Å². The molecule has 0 radical (unpaired) electrons. The normalized spacial score (nSPS) is 20.4. The second kappa shape index (κ2) is 4.42. The largest absolute Gasteiger partial charge is 0.0838 e. The van der Waals surface area contributed by atoms with Crippen molar-refractivity contribution < 1.29 is 0 Å². The predicted molar refractivity (Wildman–Crippen MR) is 75.1 cm³/mol. The quantitative estimate of drug-likeness (QED) is 0.683. The summed E-state index contributed by atoms with van der Waals surface area (Å²) in [4.78, 5) is 0. The smallest absolute Gasteiger partial charge is 0.0778 e. The SMILES string of the molecule is CC1=C([SiH2]c2cccc(C)c2C)C(C)C=C1. The summed E-state index contributed by atoms with van der Waals surface area (Å²) >= 11 is 0. The van der Waals surface area contributed by atoms with E-state index in [0.29, 0.717) is 5.92 Å². The predicted octanol–water partition coefficient (Wildman–Crippen LogP) is 2.58. The molecule has 1 unspecified atom stereocenters. The third kappa shape index (κ3) is 2.05.